The molecule has 24 heavy (non-hydrogen) atoms. The van der Waals surface area contributed by atoms with E-state index in [-0.39, 0.29) is 24.4 Å². The van der Waals surface area contributed by atoms with Crippen LogP contribution in [-0.4, -0.2) is 54.3 Å². The van der Waals surface area contributed by atoms with Crippen molar-refractivity contribution in [3.05, 3.63) is 29.3 Å². The van der Waals surface area contributed by atoms with Crippen LogP contribution in [0.1, 0.15) is 37.3 Å². The summed E-state index contributed by atoms with van der Waals surface area (Å²) in [4.78, 5) is 28.6. The van der Waals surface area contributed by atoms with Gasteiger partial charge in [0.2, 0.25) is 11.8 Å². The van der Waals surface area contributed by atoms with E-state index in [1.54, 1.807) is 0 Å². The minimum atomic E-state index is -0.285. The summed E-state index contributed by atoms with van der Waals surface area (Å²) < 4.78 is 0. The van der Waals surface area contributed by atoms with Gasteiger partial charge in [-0.1, -0.05) is 12.1 Å². The molecule has 1 heterocycles. The lowest BCUT2D eigenvalue weighted by Gasteiger charge is -2.32. The zero-order valence-electron chi connectivity index (χ0n) is 15.3. The fourth-order valence-electron chi connectivity index (χ4n) is 2.99. The van der Waals surface area contributed by atoms with Gasteiger partial charge in [0.05, 0.1) is 12.6 Å². The number of piperidine rings is 1. The topological polar surface area (TPSA) is 52.7 Å². The van der Waals surface area contributed by atoms with Gasteiger partial charge in [0, 0.05) is 18.8 Å². The van der Waals surface area contributed by atoms with Gasteiger partial charge in [-0.3, -0.25) is 14.5 Å². The predicted molar refractivity (Wildman–Crippen MR) is 97.1 cm³/mol. The predicted octanol–water partition coefficient (Wildman–Crippen LogP) is 2.57. The largest absolute Gasteiger partial charge is 0.341 e. The molecule has 2 rings (SSSR count). The van der Waals surface area contributed by atoms with Gasteiger partial charge in [0.15, 0.2) is 0 Å². The summed E-state index contributed by atoms with van der Waals surface area (Å²) in [7, 11) is 1.83. The van der Waals surface area contributed by atoms with E-state index in [0.29, 0.717) is 0 Å². The molecule has 1 aliphatic heterocycles. The number of carbonyl (C=O) groups is 2. The van der Waals surface area contributed by atoms with Crippen molar-refractivity contribution in [2.45, 2.75) is 46.1 Å². The number of nitrogens with one attached hydrogen (secondary N) is 1. The van der Waals surface area contributed by atoms with E-state index in [2.05, 4.69) is 5.32 Å². The first-order chi connectivity index (χ1) is 11.4. The van der Waals surface area contributed by atoms with Gasteiger partial charge in [-0.2, -0.15) is 0 Å². The molecule has 5 nitrogen and oxygen atoms in total. The van der Waals surface area contributed by atoms with Crippen molar-refractivity contribution in [2.75, 3.05) is 32.0 Å². The summed E-state index contributed by atoms with van der Waals surface area (Å²) in [6.07, 6.45) is 3.36. The average molecular weight is 331 g/mol. The molecule has 0 unspecified atom stereocenters. The third-order valence-corrected chi connectivity index (χ3v) is 4.75. The van der Waals surface area contributed by atoms with E-state index in [0.717, 1.165) is 42.7 Å². The summed E-state index contributed by atoms with van der Waals surface area (Å²) in [5.41, 5.74) is 2.98. The van der Waals surface area contributed by atoms with Crippen LogP contribution in [0.5, 0.6) is 0 Å². The van der Waals surface area contributed by atoms with Crippen LogP contribution >= 0.6 is 0 Å². The molecule has 1 N–H and O–H groups in total. The lowest BCUT2D eigenvalue weighted by atomic mass is 10.1. The van der Waals surface area contributed by atoms with Gasteiger partial charge < -0.3 is 10.2 Å². The maximum atomic E-state index is 12.5. The average Bonchev–Trinajstić information content (AvgIpc) is 2.57. The SMILES string of the molecule is Cc1ccc(C)c(NC(=O)CN(C)[C@@H](C)C(=O)N2CCCCC2)c1. The second-order valence-corrected chi connectivity index (χ2v) is 6.84. The monoisotopic (exact) mass is 331 g/mol. The number of benzene rings is 1. The first-order valence-electron chi connectivity index (χ1n) is 8.74. The summed E-state index contributed by atoms with van der Waals surface area (Å²) in [5.74, 6) is 0.0289. The highest BCUT2D eigenvalue weighted by molar-refractivity contribution is 5.93. The summed E-state index contributed by atoms with van der Waals surface area (Å²) in [5, 5.41) is 2.95. The zero-order chi connectivity index (χ0) is 17.7. The highest BCUT2D eigenvalue weighted by Crippen LogP contribution is 2.16. The van der Waals surface area contributed by atoms with Gasteiger partial charge in [-0.05, 0) is 64.3 Å². The number of rotatable bonds is 5. The van der Waals surface area contributed by atoms with E-state index < -0.39 is 0 Å². The molecule has 0 radical (unpaired) electrons. The van der Waals surface area contributed by atoms with Crippen molar-refractivity contribution in [1.29, 1.82) is 0 Å². The fourth-order valence-corrected chi connectivity index (χ4v) is 2.99. The Morgan fingerprint density at radius 1 is 1.21 bits per heavy atom. The summed E-state index contributed by atoms with van der Waals surface area (Å²) in [6, 6.07) is 5.70. The Bertz CT molecular complexity index is 594. The van der Waals surface area contributed by atoms with Crippen molar-refractivity contribution >= 4 is 17.5 Å². The fraction of sp³-hybridized carbons (Fsp3) is 0.579. The Kier molecular flexibility index (Phi) is 6.37. The lowest BCUT2D eigenvalue weighted by molar-refractivity contribution is -0.137. The molecule has 0 spiro atoms. The highest BCUT2D eigenvalue weighted by Gasteiger charge is 2.26. The van der Waals surface area contributed by atoms with Crippen LogP contribution in [0.25, 0.3) is 0 Å². The van der Waals surface area contributed by atoms with E-state index in [1.807, 2.05) is 55.8 Å². The molecule has 1 fully saturated rings. The maximum absolute atomic E-state index is 12.5. The number of likely N-dealkylation sites (N-methyl/N-ethyl adjacent to an activating group) is 1. The summed E-state index contributed by atoms with van der Waals surface area (Å²) in [6.45, 7) is 7.73. The van der Waals surface area contributed by atoms with Crippen LogP contribution in [0.2, 0.25) is 0 Å². The third kappa shape index (κ3) is 4.81. The Hall–Kier alpha value is -1.88. The van der Waals surface area contributed by atoms with Gasteiger partial charge in [-0.15, -0.1) is 0 Å². The van der Waals surface area contributed by atoms with Crippen molar-refractivity contribution in [1.82, 2.24) is 9.80 Å². The first kappa shape index (κ1) is 18.5. The second kappa shape index (κ2) is 8.29. The minimum Gasteiger partial charge on any atom is -0.341 e. The first-order valence-corrected chi connectivity index (χ1v) is 8.74. The number of likely N-dealkylation sites (tertiary alicyclic amines) is 1. The molecule has 0 aliphatic carbocycles. The van der Waals surface area contributed by atoms with E-state index in [4.69, 9.17) is 0 Å². The van der Waals surface area contributed by atoms with Crippen LogP contribution in [0, 0.1) is 13.8 Å². The van der Waals surface area contributed by atoms with Gasteiger partial charge in [-0.25, -0.2) is 0 Å². The van der Waals surface area contributed by atoms with E-state index in [1.165, 1.54) is 6.42 Å². The third-order valence-electron chi connectivity index (χ3n) is 4.75. The van der Waals surface area contributed by atoms with Gasteiger partial charge in [0.25, 0.3) is 0 Å². The number of aryl methyl sites for hydroxylation is 2. The lowest BCUT2D eigenvalue weighted by Crippen LogP contribution is -2.49. The Morgan fingerprint density at radius 2 is 1.88 bits per heavy atom. The molecular formula is C19H29N3O2. The molecule has 0 saturated carbocycles. The molecular weight excluding hydrogens is 302 g/mol. The highest BCUT2D eigenvalue weighted by atomic mass is 16.2. The maximum Gasteiger partial charge on any atom is 0.239 e. The van der Waals surface area contributed by atoms with E-state index in [9.17, 15) is 9.59 Å². The van der Waals surface area contributed by atoms with Crippen molar-refractivity contribution in [3.63, 3.8) is 0 Å². The molecule has 1 aliphatic rings. The van der Waals surface area contributed by atoms with E-state index >= 15 is 0 Å². The van der Waals surface area contributed by atoms with Crippen LogP contribution in [-0.2, 0) is 9.59 Å². The molecule has 1 saturated heterocycles. The number of hydrogen-bond acceptors (Lipinski definition) is 3. The molecule has 1 aromatic rings. The molecule has 1 atom stereocenters. The molecule has 0 bridgehead atoms. The van der Waals surface area contributed by atoms with Crippen LogP contribution < -0.4 is 5.32 Å². The quantitative estimate of drug-likeness (QED) is 0.902. The minimum absolute atomic E-state index is 0.0931. The van der Waals surface area contributed by atoms with Crippen molar-refractivity contribution < 1.29 is 9.59 Å². The Balaban J connectivity index is 1.90. The van der Waals surface area contributed by atoms with Gasteiger partial charge >= 0.3 is 0 Å². The standard InChI is InChI=1S/C19H29N3O2/c1-14-8-9-15(2)17(12-14)20-18(23)13-21(4)16(3)19(24)22-10-6-5-7-11-22/h8-9,12,16H,5-7,10-11,13H2,1-4H3,(H,20,23)/t16-/m0/s1. The smallest absolute Gasteiger partial charge is 0.239 e. The molecule has 2 amide bonds. The normalized spacial score (nSPS) is 16.1. The molecule has 5 heteroatoms. The molecule has 132 valence electrons. The van der Waals surface area contributed by atoms with Crippen molar-refractivity contribution in [3.8, 4) is 0 Å². The number of nitrogens with zero attached hydrogens (tertiary/aromatic N) is 2. The van der Waals surface area contributed by atoms with Crippen LogP contribution in [0.3, 0.4) is 0 Å². The Labute approximate surface area is 145 Å². The van der Waals surface area contributed by atoms with Gasteiger partial charge in [0.1, 0.15) is 0 Å². The summed E-state index contributed by atoms with van der Waals surface area (Å²) >= 11 is 0. The number of anilines is 1. The molecule has 0 aromatic heterocycles. The van der Waals surface area contributed by atoms with Crippen LogP contribution in [0.15, 0.2) is 18.2 Å². The molecule has 1 aromatic carbocycles. The number of hydrogen-bond donors (Lipinski definition) is 1. The number of amides is 2. The Morgan fingerprint density at radius 3 is 2.54 bits per heavy atom. The van der Waals surface area contributed by atoms with Crippen LogP contribution in [0.4, 0.5) is 5.69 Å². The zero-order valence-corrected chi connectivity index (χ0v) is 15.3. The van der Waals surface area contributed by atoms with Crippen molar-refractivity contribution in [2.24, 2.45) is 0 Å². The second-order valence-electron chi connectivity index (χ2n) is 6.84. The number of carbonyl (C=O) groups excluding carboxylic acids is 2.